The summed E-state index contributed by atoms with van der Waals surface area (Å²) in [6.45, 7) is 6.09. The minimum atomic E-state index is 0.495. The molecule has 130 valence electrons. The molecule has 0 saturated heterocycles. The SMILES string of the molecule is CCNC(=NCc1nnc(C)n1C)NCCc1ccc(OC)cc1. The molecule has 2 N–H and O–H groups in total. The number of nitrogens with one attached hydrogen (secondary N) is 2. The Morgan fingerprint density at radius 2 is 1.96 bits per heavy atom. The molecule has 0 bridgehead atoms. The fraction of sp³-hybridized carbons (Fsp3) is 0.471. The number of aryl methyl sites for hydroxylation is 1. The fourth-order valence-electron chi connectivity index (χ4n) is 2.20. The number of nitrogens with zero attached hydrogens (tertiary/aromatic N) is 4. The molecule has 0 amide bonds. The van der Waals surface area contributed by atoms with E-state index in [0.717, 1.165) is 42.9 Å². The zero-order valence-electron chi connectivity index (χ0n) is 14.8. The van der Waals surface area contributed by atoms with Gasteiger partial charge in [0.25, 0.3) is 0 Å². The summed E-state index contributed by atoms with van der Waals surface area (Å²) in [5.41, 5.74) is 1.25. The minimum Gasteiger partial charge on any atom is -0.497 e. The lowest BCUT2D eigenvalue weighted by atomic mass is 10.1. The zero-order valence-corrected chi connectivity index (χ0v) is 14.8. The van der Waals surface area contributed by atoms with Crippen molar-refractivity contribution >= 4 is 5.96 Å². The van der Waals surface area contributed by atoms with Crippen LogP contribution in [0.1, 0.15) is 24.1 Å². The molecule has 0 unspecified atom stereocenters. The lowest BCUT2D eigenvalue weighted by Crippen LogP contribution is -2.38. The highest BCUT2D eigenvalue weighted by molar-refractivity contribution is 5.79. The lowest BCUT2D eigenvalue weighted by molar-refractivity contribution is 0.414. The number of ether oxygens (including phenoxy) is 1. The molecule has 1 aromatic heterocycles. The predicted molar refractivity (Wildman–Crippen MR) is 95.3 cm³/mol. The van der Waals surface area contributed by atoms with Crippen LogP contribution < -0.4 is 15.4 Å². The van der Waals surface area contributed by atoms with Crippen LogP contribution in [0.15, 0.2) is 29.3 Å². The maximum absolute atomic E-state index is 5.17. The van der Waals surface area contributed by atoms with Crippen molar-refractivity contribution < 1.29 is 4.74 Å². The smallest absolute Gasteiger partial charge is 0.191 e. The van der Waals surface area contributed by atoms with Gasteiger partial charge < -0.3 is 19.9 Å². The fourth-order valence-corrected chi connectivity index (χ4v) is 2.20. The molecule has 0 aliphatic carbocycles. The second-order valence-corrected chi connectivity index (χ2v) is 5.44. The van der Waals surface area contributed by atoms with Crippen molar-refractivity contribution in [3.05, 3.63) is 41.5 Å². The van der Waals surface area contributed by atoms with Crippen LogP contribution in [0, 0.1) is 6.92 Å². The average Bonchev–Trinajstić information content (AvgIpc) is 2.92. The van der Waals surface area contributed by atoms with E-state index < -0.39 is 0 Å². The van der Waals surface area contributed by atoms with Crippen molar-refractivity contribution in [2.24, 2.45) is 12.0 Å². The summed E-state index contributed by atoms with van der Waals surface area (Å²) in [5, 5.41) is 14.8. The first-order valence-electron chi connectivity index (χ1n) is 8.14. The summed E-state index contributed by atoms with van der Waals surface area (Å²) in [4.78, 5) is 4.57. The molecular formula is C17H26N6O. The van der Waals surface area contributed by atoms with Gasteiger partial charge in [0.05, 0.1) is 7.11 Å². The van der Waals surface area contributed by atoms with Crippen LogP contribution >= 0.6 is 0 Å². The van der Waals surface area contributed by atoms with Crippen molar-refractivity contribution in [3.63, 3.8) is 0 Å². The molecule has 0 radical (unpaired) electrons. The molecule has 0 aliphatic heterocycles. The predicted octanol–water partition coefficient (Wildman–Crippen LogP) is 1.43. The van der Waals surface area contributed by atoms with Crippen LogP contribution in [0.25, 0.3) is 0 Å². The monoisotopic (exact) mass is 330 g/mol. The van der Waals surface area contributed by atoms with Crippen LogP contribution in [0.5, 0.6) is 5.75 Å². The van der Waals surface area contributed by atoms with Crippen molar-refractivity contribution in [1.82, 2.24) is 25.4 Å². The molecule has 0 aliphatic rings. The summed E-state index contributed by atoms with van der Waals surface area (Å²) < 4.78 is 7.12. The van der Waals surface area contributed by atoms with E-state index in [1.165, 1.54) is 5.56 Å². The molecule has 0 fully saturated rings. The van der Waals surface area contributed by atoms with Gasteiger partial charge in [-0.25, -0.2) is 4.99 Å². The first-order chi connectivity index (χ1) is 11.6. The molecule has 0 atom stereocenters. The van der Waals surface area contributed by atoms with Gasteiger partial charge in [-0.15, -0.1) is 10.2 Å². The largest absolute Gasteiger partial charge is 0.497 e. The van der Waals surface area contributed by atoms with Gasteiger partial charge in [-0.1, -0.05) is 12.1 Å². The maximum Gasteiger partial charge on any atom is 0.191 e. The molecule has 7 heteroatoms. The van der Waals surface area contributed by atoms with E-state index in [4.69, 9.17) is 4.74 Å². The Bertz CT molecular complexity index is 662. The van der Waals surface area contributed by atoms with Gasteiger partial charge in [-0.2, -0.15) is 0 Å². The molecule has 2 rings (SSSR count). The molecule has 0 spiro atoms. The Morgan fingerprint density at radius 3 is 2.54 bits per heavy atom. The number of aliphatic imine (C=N–C) groups is 1. The van der Waals surface area contributed by atoms with Gasteiger partial charge in [0.1, 0.15) is 18.1 Å². The molecular weight excluding hydrogens is 304 g/mol. The molecule has 0 saturated carbocycles. The van der Waals surface area contributed by atoms with Gasteiger partial charge in [-0.05, 0) is 38.0 Å². The van der Waals surface area contributed by atoms with E-state index in [1.807, 2.05) is 37.6 Å². The van der Waals surface area contributed by atoms with Crippen LogP contribution in [-0.2, 0) is 20.0 Å². The molecule has 24 heavy (non-hydrogen) atoms. The number of hydrogen-bond acceptors (Lipinski definition) is 4. The minimum absolute atomic E-state index is 0.495. The standard InChI is InChI=1S/C17H26N6O/c1-5-18-17(20-12-16-22-21-13(2)23(16)3)19-11-10-14-6-8-15(24-4)9-7-14/h6-9H,5,10-12H2,1-4H3,(H2,18,19,20). The van der Waals surface area contributed by atoms with Gasteiger partial charge in [-0.3, -0.25) is 0 Å². The summed E-state index contributed by atoms with van der Waals surface area (Å²) in [6, 6.07) is 8.11. The maximum atomic E-state index is 5.17. The highest BCUT2D eigenvalue weighted by atomic mass is 16.5. The number of benzene rings is 1. The molecule has 7 nitrogen and oxygen atoms in total. The Hall–Kier alpha value is -2.57. The van der Waals surface area contributed by atoms with Crippen LogP contribution in [0.4, 0.5) is 0 Å². The first kappa shape index (κ1) is 17.8. The molecule has 1 aromatic carbocycles. The van der Waals surface area contributed by atoms with E-state index in [9.17, 15) is 0 Å². The Kier molecular flexibility index (Phi) is 6.60. The summed E-state index contributed by atoms with van der Waals surface area (Å²) >= 11 is 0. The third kappa shape index (κ3) is 4.97. The van der Waals surface area contributed by atoms with E-state index in [-0.39, 0.29) is 0 Å². The number of aromatic nitrogens is 3. The van der Waals surface area contributed by atoms with Crippen molar-refractivity contribution in [2.75, 3.05) is 20.2 Å². The van der Waals surface area contributed by atoms with Gasteiger partial charge in [0, 0.05) is 20.1 Å². The first-order valence-corrected chi connectivity index (χ1v) is 8.14. The number of hydrogen-bond donors (Lipinski definition) is 2. The van der Waals surface area contributed by atoms with Gasteiger partial charge in [0.2, 0.25) is 0 Å². The van der Waals surface area contributed by atoms with Crippen molar-refractivity contribution in [1.29, 1.82) is 0 Å². The number of guanidine groups is 1. The lowest BCUT2D eigenvalue weighted by Gasteiger charge is -2.11. The Labute approximate surface area is 143 Å². The third-order valence-electron chi connectivity index (χ3n) is 3.77. The van der Waals surface area contributed by atoms with Gasteiger partial charge >= 0.3 is 0 Å². The van der Waals surface area contributed by atoms with E-state index >= 15 is 0 Å². The third-order valence-corrected chi connectivity index (χ3v) is 3.77. The summed E-state index contributed by atoms with van der Waals surface area (Å²) in [6.07, 6.45) is 0.914. The van der Waals surface area contributed by atoms with Crippen LogP contribution in [0.3, 0.4) is 0 Å². The average molecular weight is 330 g/mol. The Morgan fingerprint density at radius 1 is 1.21 bits per heavy atom. The summed E-state index contributed by atoms with van der Waals surface area (Å²) in [7, 11) is 3.62. The second-order valence-electron chi connectivity index (χ2n) is 5.44. The van der Waals surface area contributed by atoms with Gasteiger partial charge in [0.15, 0.2) is 11.8 Å². The van der Waals surface area contributed by atoms with Crippen LogP contribution in [0.2, 0.25) is 0 Å². The van der Waals surface area contributed by atoms with E-state index in [1.54, 1.807) is 7.11 Å². The Balaban J connectivity index is 1.87. The number of methoxy groups -OCH3 is 1. The van der Waals surface area contributed by atoms with Crippen LogP contribution in [-0.4, -0.2) is 40.9 Å². The quantitative estimate of drug-likeness (QED) is 0.593. The van der Waals surface area contributed by atoms with Crippen molar-refractivity contribution in [2.45, 2.75) is 26.8 Å². The topological polar surface area (TPSA) is 76.4 Å². The highest BCUT2D eigenvalue weighted by Crippen LogP contribution is 2.11. The van der Waals surface area contributed by atoms with Crippen molar-refractivity contribution in [3.8, 4) is 5.75 Å². The van der Waals surface area contributed by atoms with E-state index in [2.05, 4.69) is 38.0 Å². The number of rotatable bonds is 7. The zero-order chi connectivity index (χ0) is 17.4. The second kappa shape index (κ2) is 8.90. The normalized spacial score (nSPS) is 11.4. The van der Waals surface area contributed by atoms with E-state index in [0.29, 0.717) is 6.54 Å². The molecule has 1 heterocycles. The summed E-state index contributed by atoms with van der Waals surface area (Å²) in [5.74, 6) is 3.39. The highest BCUT2D eigenvalue weighted by Gasteiger charge is 2.04. The molecule has 2 aromatic rings.